The van der Waals surface area contributed by atoms with Gasteiger partial charge in [0.1, 0.15) is 17.6 Å². The molecule has 3 rings (SSSR count). The number of amides is 1. The second-order valence-electron chi connectivity index (χ2n) is 6.74. The highest BCUT2D eigenvalue weighted by molar-refractivity contribution is 5.93. The number of fused-ring (bicyclic) bond motifs is 1. The van der Waals surface area contributed by atoms with Gasteiger partial charge in [0, 0.05) is 24.5 Å². The second kappa shape index (κ2) is 8.26. The molecule has 0 saturated carbocycles. The molecule has 1 atom stereocenters. The Hall–Kier alpha value is -2.49. The molecule has 1 heterocycles. The average molecular weight is 353 g/mol. The molecule has 1 amide bonds. The third-order valence-electron chi connectivity index (χ3n) is 4.64. The third kappa shape index (κ3) is 4.37. The normalized spacial score (nSPS) is 15.3. The molecule has 1 unspecified atom stereocenters. The van der Waals surface area contributed by atoms with E-state index in [4.69, 9.17) is 9.47 Å². The second-order valence-corrected chi connectivity index (χ2v) is 6.74. The van der Waals surface area contributed by atoms with Gasteiger partial charge >= 0.3 is 0 Å². The molecule has 0 radical (unpaired) electrons. The number of aryl methyl sites for hydroxylation is 2. The summed E-state index contributed by atoms with van der Waals surface area (Å²) in [4.78, 5) is 12.4. The largest absolute Gasteiger partial charge is 0.492 e. The minimum atomic E-state index is -0.0171. The van der Waals surface area contributed by atoms with Crippen molar-refractivity contribution in [1.29, 1.82) is 0 Å². The lowest BCUT2D eigenvalue weighted by atomic mass is 10.1. The summed E-state index contributed by atoms with van der Waals surface area (Å²) in [5.74, 6) is 1.53. The Morgan fingerprint density at radius 3 is 2.62 bits per heavy atom. The summed E-state index contributed by atoms with van der Waals surface area (Å²) in [6.45, 7) is 6.68. The van der Waals surface area contributed by atoms with Crippen molar-refractivity contribution in [3.63, 3.8) is 0 Å². The lowest BCUT2D eigenvalue weighted by Crippen LogP contribution is -2.13. The highest BCUT2D eigenvalue weighted by atomic mass is 16.5. The Labute approximate surface area is 155 Å². The maximum absolute atomic E-state index is 12.4. The van der Waals surface area contributed by atoms with Gasteiger partial charge in [0.25, 0.3) is 0 Å². The number of hydrogen-bond donors (Lipinski definition) is 1. The molecule has 1 N–H and O–H groups in total. The molecule has 2 aromatic carbocycles. The van der Waals surface area contributed by atoms with E-state index in [0.717, 1.165) is 30.6 Å². The molecule has 0 spiro atoms. The van der Waals surface area contributed by atoms with Crippen molar-refractivity contribution in [2.45, 2.75) is 52.6 Å². The summed E-state index contributed by atoms with van der Waals surface area (Å²) in [5.41, 5.74) is 4.31. The van der Waals surface area contributed by atoms with Crippen molar-refractivity contribution < 1.29 is 14.3 Å². The molecule has 4 nitrogen and oxygen atoms in total. The Kier molecular flexibility index (Phi) is 5.82. The molecular formula is C22H27NO3. The van der Waals surface area contributed by atoms with E-state index in [-0.39, 0.29) is 12.0 Å². The van der Waals surface area contributed by atoms with E-state index < -0.39 is 0 Å². The summed E-state index contributed by atoms with van der Waals surface area (Å²) in [6.07, 6.45) is 3.22. The summed E-state index contributed by atoms with van der Waals surface area (Å²) in [6, 6.07) is 12.3. The van der Waals surface area contributed by atoms with E-state index in [0.29, 0.717) is 24.5 Å². The van der Waals surface area contributed by atoms with Crippen LogP contribution in [0.5, 0.6) is 11.5 Å². The van der Waals surface area contributed by atoms with Gasteiger partial charge in [0.15, 0.2) is 0 Å². The van der Waals surface area contributed by atoms with E-state index in [9.17, 15) is 4.79 Å². The first kappa shape index (κ1) is 18.3. The monoisotopic (exact) mass is 353 g/mol. The molecule has 0 aromatic heterocycles. The van der Waals surface area contributed by atoms with Crippen LogP contribution in [0.4, 0.5) is 5.69 Å². The number of ether oxygens (including phenoxy) is 2. The minimum Gasteiger partial charge on any atom is -0.492 e. The lowest BCUT2D eigenvalue weighted by Gasteiger charge is -2.13. The molecule has 0 saturated heterocycles. The topological polar surface area (TPSA) is 47.6 Å². The van der Waals surface area contributed by atoms with Crippen LogP contribution in [0, 0.1) is 0 Å². The molecule has 0 fully saturated rings. The highest BCUT2D eigenvalue weighted by Crippen LogP contribution is 2.38. The van der Waals surface area contributed by atoms with Crippen molar-refractivity contribution >= 4 is 11.6 Å². The van der Waals surface area contributed by atoms with Crippen LogP contribution >= 0.6 is 0 Å². The van der Waals surface area contributed by atoms with E-state index in [1.165, 1.54) is 11.1 Å². The molecule has 1 aliphatic rings. The van der Waals surface area contributed by atoms with Crippen LogP contribution in [0.1, 0.15) is 43.9 Å². The van der Waals surface area contributed by atoms with E-state index >= 15 is 0 Å². The smallest absolute Gasteiger partial charge is 0.224 e. The minimum absolute atomic E-state index is 0.0171. The van der Waals surface area contributed by atoms with Crippen molar-refractivity contribution in [2.24, 2.45) is 0 Å². The molecule has 0 aliphatic carbocycles. The fraction of sp³-hybridized carbons (Fsp3) is 0.409. The van der Waals surface area contributed by atoms with Gasteiger partial charge in [-0.15, -0.1) is 0 Å². The molecular weight excluding hydrogens is 326 g/mol. The van der Waals surface area contributed by atoms with Gasteiger partial charge in [-0.3, -0.25) is 4.79 Å². The summed E-state index contributed by atoms with van der Waals surface area (Å²) < 4.78 is 11.5. The van der Waals surface area contributed by atoms with Gasteiger partial charge in [-0.2, -0.15) is 0 Å². The summed E-state index contributed by atoms with van der Waals surface area (Å²) in [5, 5.41) is 2.99. The SMILES string of the molecule is CCOc1cc2c(cc1NC(=O)CCc1ccc(CC)cc1)OC(C)C2. The molecule has 26 heavy (non-hydrogen) atoms. The fourth-order valence-corrected chi connectivity index (χ4v) is 3.22. The van der Waals surface area contributed by atoms with Gasteiger partial charge in [0.05, 0.1) is 12.3 Å². The van der Waals surface area contributed by atoms with Gasteiger partial charge in [-0.1, -0.05) is 31.2 Å². The zero-order chi connectivity index (χ0) is 18.5. The summed E-state index contributed by atoms with van der Waals surface area (Å²) >= 11 is 0. The van der Waals surface area contributed by atoms with E-state index in [2.05, 4.69) is 36.5 Å². The average Bonchev–Trinajstić information content (AvgIpc) is 2.99. The summed E-state index contributed by atoms with van der Waals surface area (Å²) in [7, 11) is 0. The van der Waals surface area contributed by atoms with Crippen molar-refractivity contribution in [3.05, 3.63) is 53.1 Å². The molecule has 2 aromatic rings. The highest BCUT2D eigenvalue weighted by Gasteiger charge is 2.22. The Bertz CT molecular complexity index is 768. The quantitative estimate of drug-likeness (QED) is 0.795. The maximum atomic E-state index is 12.4. The first-order valence-corrected chi connectivity index (χ1v) is 9.43. The van der Waals surface area contributed by atoms with Crippen LogP contribution in [-0.4, -0.2) is 18.6 Å². The van der Waals surface area contributed by atoms with E-state index in [1.807, 2.05) is 26.0 Å². The molecule has 1 aliphatic heterocycles. The number of benzene rings is 2. The van der Waals surface area contributed by atoms with Gasteiger partial charge in [-0.25, -0.2) is 0 Å². The zero-order valence-electron chi connectivity index (χ0n) is 15.8. The number of carbonyl (C=O) groups is 1. The van der Waals surface area contributed by atoms with Crippen LogP contribution < -0.4 is 14.8 Å². The fourth-order valence-electron chi connectivity index (χ4n) is 3.22. The molecule has 4 heteroatoms. The number of nitrogens with one attached hydrogen (secondary N) is 1. The van der Waals surface area contributed by atoms with E-state index in [1.54, 1.807) is 0 Å². The first-order valence-electron chi connectivity index (χ1n) is 9.43. The number of rotatable bonds is 7. The van der Waals surface area contributed by atoms with Gasteiger partial charge < -0.3 is 14.8 Å². The van der Waals surface area contributed by atoms with Crippen molar-refractivity contribution in [1.82, 2.24) is 0 Å². The zero-order valence-corrected chi connectivity index (χ0v) is 15.8. The first-order chi connectivity index (χ1) is 12.6. The van der Waals surface area contributed by atoms with Gasteiger partial charge in [-0.05, 0) is 43.9 Å². The van der Waals surface area contributed by atoms with Crippen LogP contribution in [0.2, 0.25) is 0 Å². The van der Waals surface area contributed by atoms with Gasteiger partial charge in [0.2, 0.25) is 5.91 Å². The number of anilines is 1. The van der Waals surface area contributed by atoms with Crippen LogP contribution in [0.15, 0.2) is 36.4 Å². The molecule has 0 bridgehead atoms. The standard InChI is InChI=1S/C22H27NO3/c1-4-16-6-8-17(9-7-16)10-11-22(24)23-19-14-20-18(12-15(3)26-20)13-21(19)25-5-2/h6-9,13-15H,4-5,10-12H2,1-3H3,(H,23,24). The Balaban J connectivity index is 1.65. The molecule has 138 valence electrons. The van der Waals surface area contributed by atoms with Crippen molar-refractivity contribution in [3.8, 4) is 11.5 Å². The van der Waals surface area contributed by atoms with Crippen LogP contribution in [-0.2, 0) is 24.1 Å². The van der Waals surface area contributed by atoms with Crippen LogP contribution in [0.3, 0.4) is 0 Å². The predicted octanol–water partition coefficient (Wildman–Crippen LogP) is 4.54. The third-order valence-corrected chi connectivity index (χ3v) is 4.64. The predicted molar refractivity (Wildman–Crippen MR) is 104 cm³/mol. The Morgan fingerprint density at radius 2 is 1.92 bits per heavy atom. The lowest BCUT2D eigenvalue weighted by molar-refractivity contribution is -0.116. The van der Waals surface area contributed by atoms with Crippen molar-refractivity contribution in [2.75, 3.05) is 11.9 Å². The maximum Gasteiger partial charge on any atom is 0.224 e. The van der Waals surface area contributed by atoms with Crippen LogP contribution in [0.25, 0.3) is 0 Å². The number of carbonyl (C=O) groups excluding carboxylic acids is 1. The Morgan fingerprint density at radius 1 is 1.19 bits per heavy atom. The number of hydrogen-bond acceptors (Lipinski definition) is 3.